The number of carbonyl (C=O) groups is 2. The molecule has 8 unspecified atom stereocenters. The summed E-state index contributed by atoms with van der Waals surface area (Å²) < 4.78 is 17.6. The van der Waals surface area contributed by atoms with Gasteiger partial charge in [-0.1, -0.05) is 252 Å². The first kappa shape index (κ1) is 74.3. The van der Waals surface area contributed by atoms with Crippen molar-refractivity contribution in [2.24, 2.45) is 0 Å². The molecule has 0 bridgehead atoms. The molecule has 0 aliphatic carbocycles. The molecule has 1 amide bonds. The normalized spacial score (nSPS) is 19.5. The van der Waals surface area contributed by atoms with Crippen molar-refractivity contribution in [3.05, 3.63) is 109 Å². The number of carbonyl (C=O) groups excluding carboxylic acids is 2. The Kier molecular flexibility index (Phi) is 51.9. The van der Waals surface area contributed by atoms with Crippen LogP contribution in [-0.2, 0) is 23.8 Å². The number of hydrogen-bond donors (Lipinski definition) is 6. The van der Waals surface area contributed by atoms with E-state index in [1.165, 1.54) is 64.2 Å². The molecule has 0 spiro atoms. The Morgan fingerprint density at radius 1 is 0.512 bits per heavy atom. The van der Waals surface area contributed by atoms with E-state index in [0.29, 0.717) is 12.8 Å². The minimum absolute atomic E-state index is 0.103. The molecule has 1 aliphatic heterocycles. The van der Waals surface area contributed by atoms with Crippen molar-refractivity contribution in [1.82, 2.24) is 5.32 Å². The van der Waals surface area contributed by atoms with Crippen molar-refractivity contribution >= 4 is 11.9 Å². The van der Waals surface area contributed by atoms with E-state index >= 15 is 0 Å². The summed E-state index contributed by atoms with van der Waals surface area (Å²) >= 11 is 0. The van der Waals surface area contributed by atoms with Crippen molar-refractivity contribution in [3.63, 3.8) is 0 Å². The van der Waals surface area contributed by atoms with Gasteiger partial charge in [-0.05, 0) is 103 Å². The molecule has 0 radical (unpaired) electrons. The molecule has 0 aromatic rings. The summed E-state index contributed by atoms with van der Waals surface area (Å²) in [5.41, 5.74) is 0. The molecule has 0 aromatic carbocycles. The van der Waals surface area contributed by atoms with Crippen LogP contribution in [-0.4, -0.2) is 99.6 Å². The lowest BCUT2D eigenvalue weighted by Crippen LogP contribution is -2.61. The van der Waals surface area contributed by atoms with E-state index in [0.717, 1.165) is 141 Å². The van der Waals surface area contributed by atoms with E-state index in [-0.39, 0.29) is 19.4 Å². The zero-order chi connectivity index (χ0) is 58.2. The van der Waals surface area contributed by atoms with Crippen LogP contribution in [0.2, 0.25) is 0 Å². The van der Waals surface area contributed by atoms with E-state index in [9.17, 15) is 35.1 Å². The molecule has 8 atom stereocenters. The summed E-state index contributed by atoms with van der Waals surface area (Å²) in [6.45, 7) is 5.62. The maximum atomic E-state index is 13.4. The lowest BCUT2D eigenvalue weighted by atomic mass is 9.99. The van der Waals surface area contributed by atoms with Gasteiger partial charge < -0.3 is 45.1 Å². The molecule has 11 nitrogen and oxygen atoms in total. The molecule has 80 heavy (non-hydrogen) atoms. The van der Waals surface area contributed by atoms with Crippen LogP contribution < -0.4 is 5.32 Å². The molecule has 1 heterocycles. The van der Waals surface area contributed by atoms with Crippen LogP contribution in [0.25, 0.3) is 0 Å². The third-order valence-corrected chi connectivity index (χ3v) is 14.4. The summed E-state index contributed by atoms with van der Waals surface area (Å²) in [4.78, 5) is 26.6. The molecule has 458 valence electrons. The minimum Gasteiger partial charge on any atom is -0.454 e. The van der Waals surface area contributed by atoms with E-state index in [2.05, 4.69) is 123 Å². The van der Waals surface area contributed by atoms with Crippen LogP contribution >= 0.6 is 0 Å². The number of nitrogens with one attached hydrogen (secondary N) is 1. The number of aliphatic hydroxyl groups excluding tert-OH is 5. The first-order valence-electron chi connectivity index (χ1n) is 32.2. The number of ether oxygens (including phenoxy) is 3. The highest BCUT2D eigenvalue weighted by Crippen LogP contribution is 2.26. The zero-order valence-electron chi connectivity index (χ0n) is 50.7. The van der Waals surface area contributed by atoms with Crippen molar-refractivity contribution in [1.29, 1.82) is 0 Å². The first-order valence-corrected chi connectivity index (χ1v) is 32.2. The lowest BCUT2D eigenvalue weighted by molar-refractivity contribution is -0.305. The molecule has 11 heteroatoms. The predicted molar refractivity (Wildman–Crippen MR) is 333 cm³/mol. The van der Waals surface area contributed by atoms with Gasteiger partial charge in [-0.15, -0.1) is 0 Å². The third kappa shape index (κ3) is 43.1. The Morgan fingerprint density at radius 3 is 1.45 bits per heavy atom. The smallest absolute Gasteiger partial charge is 0.306 e. The summed E-state index contributed by atoms with van der Waals surface area (Å²) in [7, 11) is 0. The van der Waals surface area contributed by atoms with Crippen LogP contribution in [0.1, 0.15) is 252 Å². The van der Waals surface area contributed by atoms with Gasteiger partial charge in [0.2, 0.25) is 5.91 Å². The van der Waals surface area contributed by atoms with Gasteiger partial charge in [0.25, 0.3) is 0 Å². The SMILES string of the molecule is CC/C=C\C/C=C\C/C=C\C/C=C\C/C=C\C/C=C\CCCCCCCC(O)C(=O)NC(COC1OC(CO)C(O)C(O)C1OC(=O)CCCCCCCC/C=C/C=C/CCCCC)C(O)/C=C/CCCCCCCCCCCC. The molecule has 1 rings (SSSR count). The van der Waals surface area contributed by atoms with Gasteiger partial charge in [-0.2, -0.15) is 0 Å². The largest absolute Gasteiger partial charge is 0.454 e. The molecular formula is C69H117NO10. The zero-order valence-corrected chi connectivity index (χ0v) is 50.7. The minimum atomic E-state index is -1.63. The second kappa shape index (κ2) is 55.8. The van der Waals surface area contributed by atoms with Gasteiger partial charge in [-0.25, -0.2) is 0 Å². The Balaban J connectivity index is 2.67. The number of amides is 1. The van der Waals surface area contributed by atoms with E-state index < -0.39 is 67.4 Å². The fourth-order valence-corrected chi connectivity index (χ4v) is 9.35. The van der Waals surface area contributed by atoms with Gasteiger partial charge >= 0.3 is 5.97 Å². The topological polar surface area (TPSA) is 175 Å². The van der Waals surface area contributed by atoms with Crippen LogP contribution in [0, 0.1) is 0 Å². The molecule has 1 saturated heterocycles. The molecule has 6 N–H and O–H groups in total. The second-order valence-electron chi connectivity index (χ2n) is 21.8. The fraction of sp³-hybridized carbons (Fsp3) is 0.710. The quantitative estimate of drug-likeness (QED) is 0.0149. The number of unbranched alkanes of at least 4 members (excludes halogenated alkanes) is 24. The maximum absolute atomic E-state index is 13.4. The van der Waals surface area contributed by atoms with Crippen LogP contribution in [0.3, 0.4) is 0 Å². The number of aliphatic hydroxyl groups is 5. The number of rotatable bonds is 53. The lowest BCUT2D eigenvalue weighted by Gasteiger charge is -2.41. The fourth-order valence-electron chi connectivity index (χ4n) is 9.35. The predicted octanol–water partition coefficient (Wildman–Crippen LogP) is 15.7. The van der Waals surface area contributed by atoms with Crippen molar-refractivity contribution < 1.29 is 49.3 Å². The summed E-state index contributed by atoms with van der Waals surface area (Å²) in [5, 5.41) is 57.0. The van der Waals surface area contributed by atoms with Crippen LogP contribution in [0.4, 0.5) is 0 Å². The third-order valence-electron chi connectivity index (χ3n) is 14.4. The van der Waals surface area contributed by atoms with Gasteiger partial charge in [0.05, 0.1) is 25.4 Å². The highest BCUT2D eigenvalue weighted by Gasteiger charge is 2.47. The van der Waals surface area contributed by atoms with Gasteiger partial charge in [0, 0.05) is 6.42 Å². The molecule has 1 aliphatic rings. The average Bonchev–Trinajstić information content (AvgIpc) is 3.46. The first-order chi connectivity index (χ1) is 39.2. The maximum Gasteiger partial charge on any atom is 0.306 e. The Morgan fingerprint density at radius 2 is 0.938 bits per heavy atom. The van der Waals surface area contributed by atoms with E-state index in [1.807, 2.05) is 6.08 Å². The highest BCUT2D eigenvalue weighted by molar-refractivity contribution is 5.80. The van der Waals surface area contributed by atoms with Gasteiger partial charge in [0.1, 0.15) is 24.4 Å². The van der Waals surface area contributed by atoms with Crippen molar-refractivity contribution in [3.8, 4) is 0 Å². The van der Waals surface area contributed by atoms with E-state index in [1.54, 1.807) is 6.08 Å². The monoisotopic (exact) mass is 1120 g/mol. The number of esters is 1. The molecular weight excluding hydrogens is 1000 g/mol. The average molecular weight is 1120 g/mol. The molecule has 1 fully saturated rings. The number of allylic oxidation sites excluding steroid dienone is 17. The van der Waals surface area contributed by atoms with E-state index in [4.69, 9.17) is 14.2 Å². The molecule has 0 saturated carbocycles. The van der Waals surface area contributed by atoms with Gasteiger partial charge in [-0.3, -0.25) is 9.59 Å². The molecule has 0 aromatic heterocycles. The second-order valence-corrected chi connectivity index (χ2v) is 21.8. The summed E-state index contributed by atoms with van der Waals surface area (Å²) in [6, 6.07) is -1.04. The summed E-state index contributed by atoms with van der Waals surface area (Å²) in [5.74, 6) is -1.23. The van der Waals surface area contributed by atoms with Gasteiger partial charge in [0.15, 0.2) is 12.4 Å². The highest BCUT2D eigenvalue weighted by atomic mass is 16.7. The number of hydrogen-bond acceptors (Lipinski definition) is 10. The summed E-state index contributed by atoms with van der Waals surface area (Å²) in [6.07, 6.45) is 65.5. The van der Waals surface area contributed by atoms with Crippen molar-refractivity contribution in [2.75, 3.05) is 13.2 Å². The van der Waals surface area contributed by atoms with Crippen LogP contribution in [0.15, 0.2) is 109 Å². The Hall–Kier alpha value is -3.68. The standard InChI is InChI=1S/C69H117NO10/c1-4-7-10-13-16-19-22-25-27-28-29-30-31-32-33-34-35-37-38-41-44-47-50-53-56-62(73)68(77)70-60(61(72)55-52-49-46-43-40-24-21-18-15-12-9-6-3)59-78-69-67(66(76)65(75)63(58-71)79-69)80-64(74)57-54-51-48-45-42-39-36-26-23-20-17-14-11-8-5-2/h7,10,16-17,19-20,23,25-27,29-30,32-33,35,37,52,55,60-63,65-67,69,71-73,75-76H,4-6,8-9,11-15,18,21-22,24,28,31,34,36,38-51,53-54,56-59H2,1-3H3,(H,70,77)/b10-7-,19-16-,20-17+,26-23+,27-25-,30-29-,33-32-,37-35-,55-52+. The van der Waals surface area contributed by atoms with Crippen molar-refractivity contribution in [2.45, 2.75) is 301 Å². The van der Waals surface area contributed by atoms with Crippen LogP contribution in [0.5, 0.6) is 0 Å². The Labute approximate surface area is 488 Å². The Bertz CT molecular complexity index is 1710.